The molecule has 1 rings (SSSR count). The van der Waals surface area contributed by atoms with Crippen LogP contribution in [0.4, 0.5) is 4.39 Å². The maximum Gasteiger partial charge on any atom is 0.235 e. The molecule has 0 saturated heterocycles. The average Bonchev–Trinajstić information content (AvgIpc) is 2.19. The second-order valence-electron chi connectivity index (χ2n) is 2.81. The van der Waals surface area contributed by atoms with Crippen LogP contribution in [0.3, 0.4) is 0 Å². The molecule has 3 nitrogen and oxygen atoms in total. The molecule has 0 amide bonds. The predicted molar refractivity (Wildman–Crippen MR) is 49.5 cm³/mol. The topological polar surface area (TPSA) is 38.7 Å². The van der Waals surface area contributed by atoms with Crippen molar-refractivity contribution in [2.24, 2.45) is 4.99 Å². The second kappa shape index (κ2) is 4.53. The second-order valence-corrected chi connectivity index (χ2v) is 2.81. The minimum absolute atomic E-state index is 0.122. The molecule has 0 heterocycles. The highest BCUT2D eigenvalue weighted by Crippen LogP contribution is 2.22. The molecule has 0 aromatic heterocycles. The Bertz CT molecular complexity index is 384. The summed E-state index contributed by atoms with van der Waals surface area (Å²) >= 11 is 0. The van der Waals surface area contributed by atoms with Gasteiger partial charge in [0.2, 0.25) is 6.08 Å². The quantitative estimate of drug-likeness (QED) is 0.546. The van der Waals surface area contributed by atoms with Crippen LogP contribution in [0.1, 0.15) is 11.1 Å². The standard InChI is InChI=1S/C10H10FNO2/c1-7-9(11)3-8(5-12-6-13)4-10(7)14-2/h3-4H,5H2,1-2H3. The number of isocyanates is 1. The number of aliphatic imine (C=N–C) groups is 1. The van der Waals surface area contributed by atoms with Gasteiger partial charge in [-0.15, -0.1) is 0 Å². The monoisotopic (exact) mass is 195 g/mol. The number of hydrogen-bond donors (Lipinski definition) is 0. The summed E-state index contributed by atoms with van der Waals surface area (Å²) in [5, 5.41) is 0. The molecule has 0 radical (unpaired) electrons. The fourth-order valence-corrected chi connectivity index (χ4v) is 1.13. The van der Waals surface area contributed by atoms with Crippen LogP contribution >= 0.6 is 0 Å². The van der Waals surface area contributed by atoms with Crippen LogP contribution in [0.15, 0.2) is 17.1 Å². The molecule has 0 saturated carbocycles. The van der Waals surface area contributed by atoms with E-state index in [1.165, 1.54) is 19.3 Å². The van der Waals surface area contributed by atoms with Gasteiger partial charge in [-0.2, -0.15) is 0 Å². The van der Waals surface area contributed by atoms with Gasteiger partial charge in [-0.05, 0) is 24.6 Å². The highest BCUT2D eigenvalue weighted by atomic mass is 19.1. The van der Waals surface area contributed by atoms with Crippen LogP contribution in [0.5, 0.6) is 5.75 Å². The SMILES string of the molecule is COc1cc(CN=C=O)cc(F)c1C. The summed E-state index contributed by atoms with van der Waals surface area (Å²) in [4.78, 5) is 13.2. The summed E-state index contributed by atoms with van der Waals surface area (Å²) < 4.78 is 18.2. The smallest absolute Gasteiger partial charge is 0.235 e. The molecule has 0 N–H and O–H groups in total. The van der Waals surface area contributed by atoms with E-state index in [1.54, 1.807) is 13.0 Å². The molecule has 0 atom stereocenters. The van der Waals surface area contributed by atoms with Crippen LogP contribution < -0.4 is 4.74 Å². The fraction of sp³-hybridized carbons (Fsp3) is 0.300. The molecule has 1 aromatic rings. The third kappa shape index (κ3) is 2.18. The first-order valence-corrected chi connectivity index (χ1v) is 4.05. The first-order valence-electron chi connectivity index (χ1n) is 4.05. The third-order valence-electron chi connectivity index (χ3n) is 1.90. The van der Waals surface area contributed by atoms with Crippen LogP contribution in [0.25, 0.3) is 0 Å². The van der Waals surface area contributed by atoms with Crippen LogP contribution in [-0.4, -0.2) is 13.2 Å². The molecule has 74 valence electrons. The van der Waals surface area contributed by atoms with Gasteiger partial charge in [0.25, 0.3) is 0 Å². The van der Waals surface area contributed by atoms with Crippen LogP contribution in [0.2, 0.25) is 0 Å². The van der Waals surface area contributed by atoms with E-state index in [2.05, 4.69) is 4.99 Å². The van der Waals surface area contributed by atoms with Gasteiger partial charge in [0, 0.05) is 5.56 Å². The van der Waals surface area contributed by atoms with E-state index in [-0.39, 0.29) is 12.4 Å². The molecule has 0 bridgehead atoms. The number of nitrogens with zero attached hydrogens (tertiary/aromatic N) is 1. The van der Waals surface area contributed by atoms with Crippen molar-refractivity contribution in [1.82, 2.24) is 0 Å². The Morgan fingerprint density at radius 2 is 2.29 bits per heavy atom. The van der Waals surface area contributed by atoms with Gasteiger partial charge in [-0.25, -0.2) is 14.2 Å². The maximum atomic E-state index is 13.2. The number of hydrogen-bond acceptors (Lipinski definition) is 3. The average molecular weight is 195 g/mol. The molecule has 4 heteroatoms. The Kier molecular flexibility index (Phi) is 3.37. The first-order chi connectivity index (χ1) is 6.69. The summed E-state index contributed by atoms with van der Waals surface area (Å²) in [6.45, 7) is 1.75. The van der Waals surface area contributed by atoms with Crippen LogP contribution in [-0.2, 0) is 11.3 Å². The van der Waals surface area contributed by atoms with Crippen molar-refractivity contribution >= 4 is 6.08 Å². The van der Waals surface area contributed by atoms with Crippen molar-refractivity contribution in [3.8, 4) is 5.75 Å². The highest BCUT2D eigenvalue weighted by molar-refractivity contribution is 5.39. The zero-order valence-corrected chi connectivity index (χ0v) is 8.00. The van der Waals surface area contributed by atoms with Gasteiger partial charge in [-0.3, -0.25) is 0 Å². The van der Waals surface area contributed by atoms with E-state index in [9.17, 15) is 9.18 Å². The molecule has 14 heavy (non-hydrogen) atoms. The molecule has 0 aliphatic heterocycles. The van der Waals surface area contributed by atoms with Gasteiger partial charge in [0.1, 0.15) is 11.6 Å². The molecule has 0 aliphatic rings. The van der Waals surface area contributed by atoms with E-state index >= 15 is 0 Å². The van der Waals surface area contributed by atoms with Crippen molar-refractivity contribution in [1.29, 1.82) is 0 Å². The molecule has 0 unspecified atom stereocenters. The lowest BCUT2D eigenvalue weighted by Gasteiger charge is -2.07. The van der Waals surface area contributed by atoms with Gasteiger partial charge in [0.05, 0.1) is 13.7 Å². The van der Waals surface area contributed by atoms with Crippen molar-refractivity contribution in [2.75, 3.05) is 7.11 Å². The van der Waals surface area contributed by atoms with E-state index in [0.717, 1.165) is 0 Å². The van der Waals surface area contributed by atoms with Crippen molar-refractivity contribution in [3.63, 3.8) is 0 Å². The fourth-order valence-electron chi connectivity index (χ4n) is 1.13. The zero-order chi connectivity index (χ0) is 10.6. The van der Waals surface area contributed by atoms with Crippen molar-refractivity contribution in [3.05, 3.63) is 29.1 Å². The minimum Gasteiger partial charge on any atom is -0.496 e. The first kappa shape index (κ1) is 10.4. The lowest BCUT2D eigenvalue weighted by molar-refractivity contribution is 0.406. The molecule has 0 aliphatic carbocycles. The van der Waals surface area contributed by atoms with E-state index in [1.807, 2.05) is 0 Å². The summed E-state index contributed by atoms with van der Waals surface area (Å²) in [6.07, 6.45) is 1.40. The number of benzene rings is 1. The normalized spacial score (nSPS) is 9.36. The van der Waals surface area contributed by atoms with Gasteiger partial charge in [-0.1, -0.05) is 0 Å². The molecular formula is C10H10FNO2. The van der Waals surface area contributed by atoms with Gasteiger partial charge < -0.3 is 4.74 Å². The van der Waals surface area contributed by atoms with E-state index in [4.69, 9.17) is 4.74 Å². The van der Waals surface area contributed by atoms with Gasteiger partial charge in [0.15, 0.2) is 0 Å². The number of ether oxygens (including phenoxy) is 1. The summed E-state index contributed by atoms with van der Waals surface area (Å²) in [7, 11) is 1.47. The van der Waals surface area contributed by atoms with E-state index < -0.39 is 0 Å². The lowest BCUT2D eigenvalue weighted by atomic mass is 10.1. The molecular weight excluding hydrogens is 185 g/mol. The van der Waals surface area contributed by atoms with Crippen molar-refractivity contribution in [2.45, 2.75) is 13.5 Å². The predicted octanol–water partition coefficient (Wildman–Crippen LogP) is 1.98. The Morgan fingerprint density at radius 1 is 1.57 bits per heavy atom. The minimum atomic E-state index is -0.361. The number of halogens is 1. The van der Waals surface area contributed by atoms with Crippen molar-refractivity contribution < 1.29 is 13.9 Å². The molecule has 0 fully saturated rings. The number of methoxy groups -OCH3 is 1. The Hall–Kier alpha value is -1.67. The molecule has 0 spiro atoms. The van der Waals surface area contributed by atoms with Crippen LogP contribution in [0, 0.1) is 12.7 Å². The Labute approximate surface area is 81.2 Å². The summed E-state index contributed by atoms with van der Waals surface area (Å²) in [5.41, 5.74) is 1.04. The zero-order valence-electron chi connectivity index (χ0n) is 8.00. The third-order valence-corrected chi connectivity index (χ3v) is 1.90. The highest BCUT2D eigenvalue weighted by Gasteiger charge is 2.06. The lowest BCUT2D eigenvalue weighted by Crippen LogP contribution is -1.94. The number of carbonyl (C=O) groups excluding carboxylic acids is 1. The Morgan fingerprint density at radius 3 is 2.86 bits per heavy atom. The molecule has 1 aromatic carbocycles. The Balaban J connectivity index is 3.09. The largest absolute Gasteiger partial charge is 0.496 e. The summed E-state index contributed by atoms with van der Waals surface area (Å²) in [6, 6.07) is 2.98. The maximum absolute atomic E-state index is 13.2. The van der Waals surface area contributed by atoms with Gasteiger partial charge >= 0.3 is 0 Å². The summed E-state index contributed by atoms with van der Waals surface area (Å²) in [5.74, 6) is 0.0987. The number of rotatable bonds is 3. The van der Waals surface area contributed by atoms with E-state index in [0.29, 0.717) is 16.9 Å².